The first-order chi connectivity index (χ1) is 6.96. The topological polar surface area (TPSA) is 78.5 Å². The van der Waals surface area contributed by atoms with Gasteiger partial charge in [0.1, 0.15) is 5.75 Å². The molecule has 1 saturated heterocycles. The minimum Gasteiger partial charge on any atom is -0.341 e. The van der Waals surface area contributed by atoms with Crippen molar-refractivity contribution < 1.29 is 13.2 Å². The van der Waals surface area contributed by atoms with Crippen molar-refractivity contribution in [2.75, 3.05) is 32.9 Å². The molecule has 7 heteroatoms. The standard InChI is InChI=1S/C8H17N3O3S/c1-9-15(13,14)6-8(12)11(2)7-3-4-10-5-7/h7,9-10H,3-6H2,1-2H3. The number of amides is 1. The molecule has 0 bridgehead atoms. The molecule has 1 unspecified atom stereocenters. The largest absolute Gasteiger partial charge is 0.341 e. The van der Waals surface area contributed by atoms with E-state index in [-0.39, 0.29) is 11.9 Å². The minimum absolute atomic E-state index is 0.115. The highest BCUT2D eigenvalue weighted by Gasteiger charge is 2.25. The zero-order valence-corrected chi connectivity index (χ0v) is 9.80. The van der Waals surface area contributed by atoms with E-state index in [1.54, 1.807) is 7.05 Å². The van der Waals surface area contributed by atoms with E-state index in [1.165, 1.54) is 11.9 Å². The van der Waals surface area contributed by atoms with Crippen LogP contribution in [0.2, 0.25) is 0 Å². The lowest BCUT2D eigenvalue weighted by molar-refractivity contribution is -0.128. The van der Waals surface area contributed by atoms with Gasteiger partial charge in [-0.1, -0.05) is 0 Å². The van der Waals surface area contributed by atoms with E-state index in [2.05, 4.69) is 10.0 Å². The Kier molecular flexibility index (Phi) is 4.06. The zero-order valence-electron chi connectivity index (χ0n) is 8.99. The lowest BCUT2D eigenvalue weighted by atomic mass is 10.2. The third kappa shape index (κ3) is 3.44. The maximum Gasteiger partial charge on any atom is 0.239 e. The Morgan fingerprint density at radius 2 is 2.27 bits per heavy atom. The van der Waals surface area contributed by atoms with Gasteiger partial charge < -0.3 is 10.2 Å². The van der Waals surface area contributed by atoms with Gasteiger partial charge in [0, 0.05) is 19.6 Å². The van der Waals surface area contributed by atoms with Gasteiger partial charge in [0.25, 0.3) is 0 Å². The van der Waals surface area contributed by atoms with Crippen LogP contribution in [0.3, 0.4) is 0 Å². The van der Waals surface area contributed by atoms with Crippen molar-refractivity contribution in [3.05, 3.63) is 0 Å². The molecule has 1 atom stereocenters. The number of nitrogens with one attached hydrogen (secondary N) is 2. The van der Waals surface area contributed by atoms with Gasteiger partial charge in [-0.2, -0.15) is 0 Å². The summed E-state index contributed by atoms with van der Waals surface area (Å²) in [5.74, 6) is -0.839. The van der Waals surface area contributed by atoms with Gasteiger partial charge in [0.05, 0.1) is 0 Å². The van der Waals surface area contributed by atoms with Gasteiger partial charge in [0.15, 0.2) is 0 Å². The van der Waals surface area contributed by atoms with Crippen molar-refractivity contribution >= 4 is 15.9 Å². The van der Waals surface area contributed by atoms with Crippen molar-refractivity contribution in [1.29, 1.82) is 0 Å². The Balaban J connectivity index is 2.53. The molecule has 1 heterocycles. The maximum absolute atomic E-state index is 11.6. The van der Waals surface area contributed by atoms with Crippen LogP contribution >= 0.6 is 0 Å². The average molecular weight is 235 g/mol. The van der Waals surface area contributed by atoms with Gasteiger partial charge in [-0.3, -0.25) is 4.79 Å². The molecule has 0 spiro atoms. The summed E-state index contributed by atoms with van der Waals surface area (Å²) in [4.78, 5) is 13.1. The summed E-state index contributed by atoms with van der Waals surface area (Å²) in [7, 11) is -0.506. The molecule has 15 heavy (non-hydrogen) atoms. The third-order valence-corrected chi connectivity index (χ3v) is 3.85. The first-order valence-corrected chi connectivity index (χ1v) is 6.49. The molecule has 0 radical (unpaired) electrons. The number of nitrogens with zero attached hydrogens (tertiary/aromatic N) is 1. The lowest BCUT2D eigenvalue weighted by Crippen LogP contribution is -2.43. The summed E-state index contributed by atoms with van der Waals surface area (Å²) in [6.07, 6.45) is 0.877. The molecule has 0 aromatic heterocycles. The van der Waals surface area contributed by atoms with Crippen molar-refractivity contribution in [2.24, 2.45) is 0 Å². The second-order valence-corrected chi connectivity index (χ2v) is 5.54. The molecule has 1 fully saturated rings. The molecule has 1 aliphatic heterocycles. The van der Waals surface area contributed by atoms with Gasteiger partial charge in [-0.25, -0.2) is 13.1 Å². The fraction of sp³-hybridized carbons (Fsp3) is 0.875. The van der Waals surface area contributed by atoms with Crippen LogP contribution in [-0.4, -0.2) is 58.2 Å². The molecule has 1 rings (SSSR count). The first kappa shape index (κ1) is 12.4. The summed E-state index contributed by atoms with van der Waals surface area (Å²) in [6.45, 7) is 1.61. The molecular weight excluding hydrogens is 218 g/mol. The number of sulfonamides is 1. The number of carbonyl (C=O) groups is 1. The Morgan fingerprint density at radius 3 is 2.73 bits per heavy atom. The van der Waals surface area contributed by atoms with Gasteiger partial charge in [-0.05, 0) is 20.0 Å². The van der Waals surface area contributed by atoms with Gasteiger partial charge in [0.2, 0.25) is 15.9 Å². The molecule has 0 aromatic rings. The highest BCUT2D eigenvalue weighted by atomic mass is 32.2. The summed E-state index contributed by atoms with van der Waals surface area (Å²) in [6, 6.07) is 0.115. The number of hydrogen-bond donors (Lipinski definition) is 2. The highest BCUT2D eigenvalue weighted by molar-refractivity contribution is 7.90. The van der Waals surface area contributed by atoms with E-state index in [0.29, 0.717) is 0 Å². The van der Waals surface area contributed by atoms with Crippen molar-refractivity contribution in [3.8, 4) is 0 Å². The molecule has 2 N–H and O–H groups in total. The average Bonchev–Trinajstić information content (AvgIpc) is 2.68. The number of hydrogen-bond acceptors (Lipinski definition) is 4. The zero-order chi connectivity index (χ0) is 11.5. The summed E-state index contributed by atoms with van der Waals surface area (Å²) >= 11 is 0. The summed E-state index contributed by atoms with van der Waals surface area (Å²) in [5.41, 5.74) is 0. The van der Waals surface area contributed by atoms with Crippen LogP contribution in [0.15, 0.2) is 0 Å². The van der Waals surface area contributed by atoms with Crippen LogP contribution in [0.5, 0.6) is 0 Å². The van der Waals surface area contributed by atoms with E-state index >= 15 is 0 Å². The van der Waals surface area contributed by atoms with Crippen LogP contribution in [0.25, 0.3) is 0 Å². The van der Waals surface area contributed by atoms with Crippen LogP contribution < -0.4 is 10.0 Å². The monoisotopic (exact) mass is 235 g/mol. The predicted octanol–water partition coefficient (Wildman–Crippen LogP) is -1.64. The molecule has 0 aromatic carbocycles. The van der Waals surface area contributed by atoms with E-state index < -0.39 is 15.8 Å². The fourth-order valence-electron chi connectivity index (χ4n) is 1.51. The molecular formula is C8H17N3O3S. The second-order valence-electron chi connectivity index (χ2n) is 3.61. The number of carbonyl (C=O) groups excluding carboxylic acids is 1. The SMILES string of the molecule is CNS(=O)(=O)CC(=O)N(C)C1CCNC1. The highest BCUT2D eigenvalue weighted by Crippen LogP contribution is 2.06. The second kappa shape index (κ2) is 4.91. The van der Waals surface area contributed by atoms with Crippen molar-refractivity contribution in [2.45, 2.75) is 12.5 Å². The molecule has 6 nitrogen and oxygen atoms in total. The Hall–Kier alpha value is -0.660. The van der Waals surface area contributed by atoms with Crippen LogP contribution in [0.4, 0.5) is 0 Å². The van der Waals surface area contributed by atoms with Crippen LogP contribution in [0, 0.1) is 0 Å². The smallest absolute Gasteiger partial charge is 0.239 e. The molecule has 1 aliphatic rings. The lowest BCUT2D eigenvalue weighted by Gasteiger charge is -2.23. The van der Waals surface area contributed by atoms with E-state index in [9.17, 15) is 13.2 Å². The third-order valence-electron chi connectivity index (χ3n) is 2.60. The van der Waals surface area contributed by atoms with Crippen LogP contribution in [0.1, 0.15) is 6.42 Å². The Labute approximate surface area is 90.1 Å². The van der Waals surface area contributed by atoms with E-state index in [4.69, 9.17) is 0 Å². The molecule has 1 amide bonds. The van der Waals surface area contributed by atoms with Gasteiger partial charge in [-0.15, -0.1) is 0 Å². The molecule has 0 saturated carbocycles. The number of likely N-dealkylation sites (N-methyl/N-ethyl adjacent to an activating group) is 1. The van der Waals surface area contributed by atoms with E-state index in [0.717, 1.165) is 19.5 Å². The first-order valence-electron chi connectivity index (χ1n) is 4.84. The summed E-state index contributed by atoms with van der Waals surface area (Å²) in [5, 5.41) is 3.13. The molecule has 0 aliphatic carbocycles. The Morgan fingerprint density at radius 1 is 1.60 bits per heavy atom. The fourth-order valence-corrected chi connectivity index (χ4v) is 2.18. The van der Waals surface area contributed by atoms with Gasteiger partial charge >= 0.3 is 0 Å². The molecule has 88 valence electrons. The summed E-state index contributed by atoms with van der Waals surface area (Å²) < 4.78 is 24.4. The van der Waals surface area contributed by atoms with Crippen molar-refractivity contribution in [3.63, 3.8) is 0 Å². The minimum atomic E-state index is -3.45. The Bertz CT molecular complexity index is 322. The maximum atomic E-state index is 11.6. The van der Waals surface area contributed by atoms with E-state index in [1.807, 2.05) is 0 Å². The number of rotatable bonds is 4. The quantitative estimate of drug-likeness (QED) is 0.612. The normalized spacial score (nSPS) is 21.6. The van der Waals surface area contributed by atoms with Crippen molar-refractivity contribution in [1.82, 2.24) is 14.9 Å². The predicted molar refractivity (Wildman–Crippen MR) is 56.9 cm³/mol. The van der Waals surface area contributed by atoms with Crippen LogP contribution in [-0.2, 0) is 14.8 Å².